The number of anilines is 3. The number of para-hydroxylation sites is 1. The van der Waals surface area contributed by atoms with E-state index < -0.39 is 12.0 Å². The molecule has 0 bridgehead atoms. The first-order valence-corrected chi connectivity index (χ1v) is 13.1. The first-order chi connectivity index (χ1) is 19.2. The minimum Gasteiger partial charge on any atom is -0.507 e. The Balaban J connectivity index is 1.34. The average Bonchev–Trinajstić information content (AvgIpc) is 3.14. The lowest BCUT2D eigenvalue weighted by Crippen LogP contribution is -2.63. The zero-order chi connectivity index (χ0) is 28.4. The smallest absolute Gasteiger partial charge is 0.275 e. The van der Waals surface area contributed by atoms with E-state index in [1.165, 1.54) is 6.92 Å². The molecule has 3 aromatic rings. The summed E-state index contributed by atoms with van der Waals surface area (Å²) in [7, 11) is 0. The number of likely N-dealkylation sites (tertiary alicyclic amines) is 1. The number of nitrogen functional groups attached to an aromatic ring is 1. The molecule has 11 heteroatoms. The van der Waals surface area contributed by atoms with Gasteiger partial charge in [0.15, 0.2) is 5.82 Å². The first kappa shape index (κ1) is 27.1. The van der Waals surface area contributed by atoms with Crippen LogP contribution in [-0.4, -0.2) is 75.9 Å². The summed E-state index contributed by atoms with van der Waals surface area (Å²) in [5, 5.41) is 28.2. The van der Waals surface area contributed by atoms with Crippen LogP contribution in [0.5, 0.6) is 5.75 Å². The minimum absolute atomic E-state index is 0.117. The normalized spacial score (nSPS) is 20.6. The van der Waals surface area contributed by atoms with Gasteiger partial charge in [0.05, 0.1) is 36.1 Å². The molecule has 4 heterocycles. The third-order valence-corrected chi connectivity index (χ3v) is 7.64. The van der Waals surface area contributed by atoms with Gasteiger partial charge in [-0.05, 0) is 56.5 Å². The Bertz CT molecular complexity index is 1510. The van der Waals surface area contributed by atoms with Gasteiger partial charge in [-0.1, -0.05) is 18.1 Å². The Morgan fingerprint density at radius 2 is 1.93 bits per heavy atom. The molecular formula is C29H30F2N8O. The van der Waals surface area contributed by atoms with Gasteiger partial charge < -0.3 is 20.6 Å². The van der Waals surface area contributed by atoms with Crippen molar-refractivity contribution < 1.29 is 13.9 Å². The number of phenols is 1. The van der Waals surface area contributed by atoms with Crippen molar-refractivity contribution >= 4 is 17.3 Å². The molecule has 3 N–H and O–H groups in total. The van der Waals surface area contributed by atoms with Gasteiger partial charge in [0, 0.05) is 31.2 Å². The largest absolute Gasteiger partial charge is 0.507 e. The summed E-state index contributed by atoms with van der Waals surface area (Å²) in [6, 6.07) is 13.7. The fraction of sp³-hybridized carbons (Fsp3) is 0.379. The molecule has 1 aromatic carbocycles. The number of nitrogens with two attached hydrogens (primary N) is 1. The van der Waals surface area contributed by atoms with E-state index in [9.17, 15) is 19.1 Å². The second-order valence-corrected chi connectivity index (χ2v) is 10.2. The predicted octanol–water partition coefficient (Wildman–Crippen LogP) is 3.49. The number of nitriles is 1. The maximum Gasteiger partial charge on any atom is 0.275 e. The molecule has 206 valence electrons. The zero-order valence-electron chi connectivity index (χ0n) is 22.3. The van der Waals surface area contributed by atoms with Crippen LogP contribution in [0.3, 0.4) is 0 Å². The second kappa shape index (κ2) is 10.9. The lowest BCUT2D eigenvalue weighted by atomic mass is 10.0. The molecule has 2 fully saturated rings. The van der Waals surface area contributed by atoms with Crippen molar-refractivity contribution in [2.45, 2.75) is 38.3 Å². The summed E-state index contributed by atoms with van der Waals surface area (Å²) in [6.07, 6.45) is 0.803. The number of alkyl halides is 2. The van der Waals surface area contributed by atoms with Crippen molar-refractivity contribution in [1.82, 2.24) is 20.1 Å². The third kappa shape index (κ3) is 5.33. The van der Waals surface area contributed by atoms with Crippen molar-refractivity contribution in [2.24, 2.45) is 0 Å². The van der Waals surface area contributed by atoms with Gasteiger partial charge in [-0.3, -0.25) is 4.90 Å². The maximum absolute atomic E-state index is 13.5. The summed E-state index contributed by atoms with van der Waals surface area (Å²) < 4.78 is 26.9. The lowest BCUT2D eigenvalue weighted by molar-refractivity contribution is -0.171. The summed E-state index contributed by atoms with van der Waals surface area (Å²) >= 11 is 0. The minimum atomic E-state index is -2.68. The molecular weight excluding hydrogens is 514 g/mol. The number of aromatic hydroxyl groups is 1. The van der Waals surface area contributed by atoms with Crippen LogP contribution >= 0.6 is 0 Å². The van der Waals surface area contributed by atoms with Crippen LogP contribution in [0.15, 0.2) is 42.5 Å². The van der Waals surface area contributed by atoms with Crippen LogP contribution in [-0.2, 0) is 0 Å². The number of benzene rings is 1. The van der Waals surface area contributed by atoms with Crippen LogP contribution in [0.4, 0.5) is 26.1 Å². The molecule has 0 aliphatic carbocycles. The van der Waals surface area contributed by atoms with Crippen LogP contribution < -0.4 is 15.5 Å². The standard InChI is InChI=1S/C29H30F2N8O/c1-19-11-13-37(25-16-24(35-36-28(25)33)22-6-3-4-8-26(22)40)14-15-39(19)27-10-9-21(17-32)23(34-27)7-5-12-38-18-29(30,31)20(38)2/h3-4,6,8-10,16,19-20,40H,11-15,18H2,1-2H3,(H2,33,36). The summed E-state index contributed by atoms with van der Waals surface area (Å²) in [5.74, 6) is 4.28. The number of pyridine rings is 1. The number of hydrogen-bond acceptors (Lipinski definition) is 9. The van der Waals surface area contributed by atoms with E-state index in [4.69, 9.17) is 10.7 Å². The predicted molar refractivity (Wildman–Crippen MR) is 149 cm³/mol. The quantitative estimate of drug-likeness (QED) is 0.476. The van der Waals surface area contributed by atoms with E-state index in [2.05, 4.69) is 44.8 Å². The number of hydrogen-bond donors (Lipinski definition) is 2. The molecule has 0 amide bonds. The molecule has 0 radical (unpaired) electrons. The van der Waals surface area contributed by atoms with E-state index in [-0.39, 0.29) is 24.9 Å². The molecule has 9 nitrogen and oxygen atoms in total. The number of aromatic nitrogens is 3. The summed E-state index contributed by atoms with van der Waals surface area (Å²) in [4.78, 5) is 10.6. The van der Waals surface area contributed by atoms with Crippen LogP contribution in [0.1, 0.15) is 31.5 Å². The number of rotatable bonds is 4. The van der Waals surface area contributed by atoms with E-state index >= 15 is 0 Å². The van der Waals surface area contributed by atoms with Gasteiger partial charge in [0.25, 0.3) is 5.92 Å². The molecule has 2 aliphatic heterocycles. The Morgan fingerprint density at radius 1 is 1.12 bits per heavy atom. The fourth-order valence-corrected chi connectivity index (χ4v) is 5.01. The Labute approximate surface area is 231 Å². The van der Waals surface area contributed by atoms with Crippen molar-refractivity contribution in [1.29, 1.82) is 5.26 Å². The number of nitrogens with zero attached hydrogens (tertiary/aromatic N) is 7. The van der Waals surface area contributed by atoms with E-state index in [0.717, 1.165) is 18.7 Å². The monoisotopic (exact) mass is 544 g/mol. The molecule has 40 heavy (non-hydrogen) atoms. The molecule has 2 saturated heterocycles. The Morgan fingerprint density at radius 3 is 2.65 bits per heavy atom. The highest BCUT2D eigenvalue weighted by Crippen LogP contribution is 2.34. The van der Waals surface area contributed by atoms with Crippen LogP contribution in [0, 0.1) is 23.2 Å². The first-order valence-electron chi connectivity index (χ1n) is 13.1. The average molecular weight is 545 g/mol. The Kier molecular flexibility index (Phi) is 7.42. The molecule has 5 rings (SSSR count). The van der Waals surface area contributed by atoms with Crippen molar-refractivity contribution in [3.8, 4) is 34.9 Å². The number of phenolic OH excluding ortho intramolecular Hbond substituents is 1. The SMILES string of the molecule is CC1CCN(c2cc(-c3ccccc3O)nnc2N)CCN1c1ccc(C#N)c(C#CCN2CC(F)(F)C2C)n1. The van der Waals surface area contributed by atoms with E-state index in [0.29, 0.717) is 47.2 Å². The van der Waals surface area contributed by atoms with Crippen molar-refractivity contribution in [3.63, 3.8) is 0 Å². The van der Waals surface area contributed by atoms with Gasteiger partial charge in [0.1, 0.15) is 23.3 Å². The van der Waals surface area contributed by atoms with Gasteiger partial charge >= 0.3 is 0 Å². The Hall–Kier alpha value is -4.48. The van der Waals surface area contributed by atoms with E-state index in [1.54, 1.807) is 29.2 Å². The maximum atomic E-state index is 13.5. The summed E-state index contributed by atoms with van der Waals surface area (Å²) in [6.45, 7) is 5.44. The highest BCUT2D eigenvalue weighted by molar-refractivity contribution is 5.74. The topological polar surface area (TPSA) is 118 Å². The summed E-state index contributed by atoms with van der Waals surface area (Å²) in [5.41, 5.74) is 8.76. The fourth-order valence-electron chi connectivity index (χ4n) is 5.01. The van der Waals surface area contributed by atoms with Crippen molar-refractivity contribution in [2.75, 3.05) is 48.3 Å². The van der Waals surface area contributed by atoms with E-state index in [1.807, 2.05) is 18.2 Å². The van der Waals surface area contributed by atoms with Gasteiger partial charge in [-0.2, -0.15) is 5.26 Å². The van der Waals surface area contributed by atoms with Crippen molar-refractivity contribution in [3.05, 3.63) is 53.7 Å². The third-order valence-electron chi connectivity index (χ3n) is 7.64. The van der Waals surface area contributed by atoms with Gasteiger partial charge in [0.2, 0.25) is 0 Å². The zero-order valence-corrected chi connectivity index (χ0v) is 22.3. The van der Waals surface area contributed by atoms with Crippen LogP contribution in [0.2, 0.25) is 0 Å². The number of halogens is 2. The molecule has 2 unspecified atom stereocenters. The highest BCUT2D eigenvalue weighted by atomic mass is 19.3. The molecule has 2 aliphatic rings. The molecule has 2 aromatic heterocycles. The lowest BCUT2D eigenvalue weighted by Gasteiger charge is -2.44. The highest BCUT2D eigenvalue weighted by Gasteiger charge is 2.51. The molecule has 0 saturated carbocycles. The second-order valence-electron chi connectivity index (χ2n) is 10.2. The molecule has 0 spiro atoms. The van der Waals surface area contributed by atoms with Crippen LogP contribution in [0.25, 0.3) is 11.3 Å². The van der Waals surface area contributed by atoms with Gasteiger partial charge in [-0.15, -0.1) is 10.2 Å². The van der Waals surface area contributed by atoms with Gasteiger partial charge in [-0.25, -0.2) is 13.8 Å². The molecule has 2 atom stereocenters.